The summed E-state index contributed by atoms with van der Waals surface area (Å²) in [6.07, 6.45) is 0. The number of nitrogens with zero attached hydrogens (tertiary/aromatic N) is 3. The van der Waals surface area contributed by atoms with Gasteiger partial charge in [0.15, 0.2) is 0 Å². The Morgan fingerprint density at radius 2 is 0.686 bits per heavy atom. The predicted octanol–water partition coefficient (Wildman–Crippen LogP) is 18.7. The van der Waals surface area contributed by atoms with E-state index in [9.17, 15) is 0 Å². The second-order valence-corrected chi connectivity index (χ2v) is 20.3. The van der Waals surface area contributed by atoms with Crippen LogP contribution in [0.3, 0.4) is 0 Å². The molecule has 0 N–H and O–H groups in total. The summed E-state index contributed by atoms with van der Waals surface area (Å²) in [6, 6.07) is 86.5. The van der Waals surface area contributed by atoms with E-state index in [0.29, 0.717) is 0 Å². The average molecular weight is 926 g/mol. The van der Waals surface area contributed by atoms with Gasteiger partial charge in [0.1, 0.15) is 0 Å². The predicted molar refractivity (Wildman–Crippen MR) is 300 cm³/mol. The Morgan fingerprint density at radius 1 is 0.271 bits per heavy atom. The van der Waals surface area contributed by atoms with Gasteiger partial charge in [-0.05, 0) is 107 Å². The summed E-state index contributed by atoms with van der Waals surface area (Å²) < 4.78 is 10.2. The molecule has 0 saturated carbocycles. The molecule has 5 heterocycles. The van der Waals surface area contributed by atoms with Gasteiger partial charge in [-0.25, -0.2) is 4.98 Å². The number of thiophene rings is 2. The van der Waals surface area contributed by atoms with E-state index in [1.54, 1.807) is 0 Å². The van der Waals surface area contributed by atoms with E-state index in [0.717, 1.165) is 33.9 Å². The molecule has 0 amide bonds. The van der Waals surface area contributed by atoms with Crippen LogP contribution in [0.4, 0.5) is 0 Å². The molecule has 0 atom stereocenters. The van der Waals surface area contributed by atoms with E-state index < -0.39 is 0 Å². The van der Waals surface area contributed by atoms with Crippen LogP contribution in [0.25, 0.3) is 140 Å². The smallest absolute Gasteiger partial charge is 0.0710 e. The molecule has 0 aliphatic rings. The minimum atomic E-state index is 0.932. The summed E-state index contributed by atoms with van der Waals surface area (Å²) >= 11 is 3.79. The normalized spacial score (nSPS) is 12.0. The lowest BCUT2D eigenvalue weighted by atomic mass is 10.0. The first-order valence-electron chi connectivity index (χ1n) is 23.8. The van der Waals surface area contributed by atoms with Crippen molar-refractivity contribution >= 4 is 107 Å². The van der Waals surface area contributed by atoms with Crippen molar-refractivity contribution in [3.05, 3.63) is 237 Å². The van der Waals surface area contributed by atoms with Crippen molar-refractivity contribution in [1.29, 1.82) is 0 Å². The lowest BCUT2D eigenvalue weighted by molar-refractivity contribution is 1.18. The number of pyridine rings is 1. The van der Waals surface area contributed by atoms with Crippen molar-refractivity contribution in [2.45, 2.75) is 0 Å². The van der Waals surface area contributed by atoms with Crippen molar-refractivity contribution in [2.24, 2.45) is 0 Å². The zero-order valence-electron chi connectivity index (χ0n) is 37.7. The van der Waals surface area contributed by atoms with Crippen LogP contribution in [-0.4, -0.2) is 14.1 Å². The van der Waals surface area contributed by atoms with Gasteiger partial charge in [-0.1, -0.05) is 152 Å². The molecule has 5 aromatic heterocycles. The van der Waals surface area contributed by atoms with E-state index in [1.807, 2.05) is 22.7 Å². The summed E-state index contributed by atoms with van der Waals surface area (Å²) in [7, 11) is 0. The number of benzene rings is 10. The minimum absolute atomic E-state index is 0.932. The molecule has 0 spiro atoms. The molecule has 10 aromatic carbocycles. The van der Waals surface area contributed by atoms with Crippen LogP contribution in [0.15, 0.2) is 237 Å². The number of hydrogen-bond donors (Lipinski definition) is 0. The molecule has 70 heavy (non-hydrogen) atoms. The monoisotopic (exact) mass is 925 g/mol. The molecule has 0 fully saturated rings. The quantitative estimate of drug-likeness (QED) is 0.163. The fourth-order valence-electron chi connectivity index (χ4n) is 11.1. The molecule has 0 radical (unpaired) electrons. The Hall–Kier alpha value is -8.61. The zero-order valence-corrected chi connectivity index (χ0v) is 39.3. The molecule has 5 heteroatoms. The minimum Gasteiger partial charge on any atom is -0.309 e. The Bertz CT molecular complexity index is 4300. The van der Waals surface area contributed by atoms with Crippen LogP contribution in [0, 0.1) is 0 Å². The standard InChI is InChI=1S/C65H39N3S2/c1-3-14-40(15-4-1)42-28-32-56-52(38-42)62-58(34-30-50-48-22-7-9-26-60(48)69-64(50)62)67(56)46-20-11-18-44(36-46)54-24-13-25-55(66-54)45-19-12-21-47(37-45)68-57-33-29-43(41-16-5-2-6-17-41)39-53(57)63-59(68)35-31-51-49-23-8-10-27-61(49)70-65(51)63/h1-39H. The Labute approximate surface area is 411 Å². The summed E-state index contributed by atoms with van der Waals surface area (Å²) in [5, 5.41) is 10.3. The highest BCUT2D eigenvalue weighted by Gasteiger charge is 2.21. The van der Waals surface area contributed by atoms with Crippen molar-refractivity contribution in [1.82, 2.24) is 14.1 Å². The lowest BCUT2D eigenvalue weighted by Gasteiger charge is -2.12. The fraction of sp³-hybridized carbons (Fsp3) is 0. The van der Waals surface area contributed by atoms with Crippen LogP contribution < -0.4 is 0 Å². The van der Waals surface area contributed by atoms with Crippen molar-refractivity contribution in [3.8, 4) is 56.1 Å². The van der Waals surface area contributed by atoms with Gasteiger partial charge in [-0.2, -0.15) is 0 Å². The van der Waals surface area contributed by atoms with E-state index in [1.165, 1.54) is 106 Å². The van der Waals surface area contributed by atoms with Crippen LogP contribution >= 0.6 is 22.7 Å². The third-order valence-electron chi connectivity index (χ3n) is 14.3. The molecule has 0 unspecified atom stereocenters. The SMILES string of the molecule is c1ccc(-c2ccc3c(c2)c2c4sc5ccccc5c4ccc2n3-c2cccc(-c3cccc(-c4cccc(-n5c6ccc(-c7ccccc7)cc6c6c7sc8ccccc8c7ccc65)c4)n3)c2)cc1. The maximum atomic E-state index is 5.41. The second kappa shape index (κ2) is 15.5. The van der Waals surface area contributed by atoms with Crippen molar-refractivity contribution in [3.63, 3.8) is 0 Å². The van der Waals surface area contributed by atoms with Crippen molar-refractivity contribution in [2.75, 3.05) is 0 Å². The van der Waals surface area contributed by atoms with Gasteiger partial charge in [0.25, 0.3) is 0 Å². The molecule has 0 bridgehead atoms. The average Bonchev–Trinajstić information content (AvgIpc) is 4.19. The van der Waals surface area contributed by atoms with Gasteiger partial charge >= 0.3 is 0 Å². The Balaban J connectivity index is 0.863. The summed E-state index contributed by atoms with van der Waals surface area (Å²) in [6.45, 7) is 0. The number of hydrogen-bond acceptors (Lipinski definition) is 3. The summed E-state index contributed by atoms with van der Waals surface area (Å²) in [4.78, 5) is 5.41. The summed E-state index contributed by atoms with van der Waals surface area (Å²) in [5.41, 5.74) is 15.8. The summed E-state index contributed by atoms with van der Waals surface area (Å²) in [5.74, 6) is 0. The van der Waals surface area contributed by atoms with Crippen molar-refractivity contribution < 1.29 is 0 Å². The third kappa shape index (κ3) is 6.02. The first kappa shape index (κ1) is 39.4. The number of rotatable bonds is 6. The Kier molecular flexibility index (Phi) is 8.70. The molecule has 326 valence electrons. The van der Waals surface area contributed by atoms with Gasteiger partial charge in [0, 0.05) is 84.4 Å². The van der Waals surface area contributed by atoms with Crippen LogP contribution in [0.5, 0.6) is 0 Å². The number of aromatic nitrogens is 3. The van der Waals surface area contributed by atoms with E-state index in [2.05, 4.69) is 246 Å². The highest BCUT2D eigenvalue weighted by atomic mass is 32.1. The van der Waals surface area contributed by atoms with Gasteiger partial charge in [-0.15, -0.1) is 22.7 Å². The fourth-order valence-corrected chi connectivity index (χ4v) is 13.6. The molecule has 0 aliphatic carbocycles. The van der Waals surface area contributed by atoms with E-state index in [-0.39, 0.29) is 0 Å². The third-order valence-corrected chi connectivity index (χ3v) is 16.7. The molecular formula is C65H39N3S2. The molecule has 15 aromatic rings. The molecular weight excluding hydrogens is 887 g/mol. The van der Waals surface area contributed by atoms with Gasteiger partial charge in [0.2, 0.25) is 0 Å². The van der Waals surface area contributed by atoms with Gasteiger partial charge < -0.3 is 9.13 Å². The first-order valence-corrected chi connectivity index (χ1v) is 25.4. The highest BCUT2D eigenvalue weighted by molar-refractivity contribution is 7.27. The zero-order chi connectivity index (χ0) is 45.9. The highest BCUT2D eigenvalue weighted by Crippen LogP contribution is 2.46. The topological polar surface area (TPSA) is 22.8 Å². The lowest BCUT2D eigenvalue weighted by Crippen LogP contribution is -1.96. The molecule has 0 saturated heterocycles. The largest absolute Gasteiger partial charge is 0.309 e. The number of fused-ring (bicyclic) bond motifs is 14. The van der Waals surface area contributed by atoms with Crippen LogP contribution in [-0.2, 0) is 0 Å². The Morgan fingerprint density at radius 3 is 1.17 bits per heavy atom. The van der Waals surface area contributed by atoms with E-state index in [4.69, 9.17) is 4.98 Å². The molecule has 0 aliphatic heterocycles. The maximum absolute atomic E-state index is 5.41. The van der Waals surface area contributed by atoms with Crippen LogP contribution in [0.2, 0.25) is 0 Å². The van der Waals surface area contributed by atoms with Gasteiger partial charge in [-0.3, -0.25) is 0 Å². The maximum Gasteiger partial charge on any atom is 0.0710 e. The van der Waals surface area contributed by atoms with E-state index >= 15 is 0 Å². The van der Waals surface area contributed by atoms with Crippen LogP contribution in [0.1, 0.15) is 0 Å². The molecule has 3 nitrogen and oxygen atoms in total. The molecule has 15 rings (SSSR count). The second-order valence-electron chi connectivity index (χ2n) is 18.2. The van der Waals surface area contributed by atoms with Gasteiger partial charge in [0.05, 0.1) is 33.5 Å². The first-order chi connectivity index (χ1) is 34.7.